The Hall–Kier alpha value is -1.78. The zero-order valence-electron chi connectivity index (χ0n) is 8.20. The molecule has 76 valence electrons. The molecule has 0 fully saturated rings. The van der Waals surface area contributed by atoms with Gasteiger partial charge >= 0.3 is 0 Å². The topological polar surface area (TPSA) is 81.2 Å². The van der Waals surface area contributed by atoms with E-state index in [-0.39, 0.29) is 5.69 Å². The van der Waals surface area contributed by atoms with E-state index in [0.29, 0.717) is 17.7 Å². The van der Waals surface area contributed by atoms with Crippen molar-refractivity contribution in [3.05, 3.63) is 27.8 Å². The molecule has 5 heteroatoms. The van der Waals surface area contributed by atoms with E-state index in [0.717, 1.165) is 5.69 Å². The number of hydrogen-bond donors (Lipinski definition) is 2. The predicted molar refractivity (Wildman–Crippen MR) is 56.4 cm³/mol. The molecule has 0 aliphatic carbocycles. The lowest BCUT2D eigenvalue weighted by molar-refractivity contribution is -0.385. The highest BCUT2D eigenvalue weighted by Gasteiger charge is 2.14. The number of nitrogens with one attached hydrogen (secondary N) is 1. The molecule has 0 aliphatic heterocycles. The molecule has 0 unspecified atom stereocenters. The molecule has 0 bridgehead atoms. The molecule has 1 aromatic carbocycles. The minimum atomic E-state index is -0.408. The predicted octanol–water partition coefficient (Wildman–Crippen LogP) is 1.78. The SMILES string of the molecule is CCc1cc(NC)c(N)cc1[N+](=O)[O-]. The Morgan fingerprint density at radius 3 is 2.64 bits per heavy atom. The van der Waals surface area contributed by atoms with E-state index in [4.69, 9.17) is 5.73 Å². The molecule has 0 aromatic heterocycles. The van der Waals surface area contributed by atoms with E-state index in [9.17, 15) is 10.1 Å². The summed E-state index contributed by atoms with van der Waals surface area (Å²) < 4.78 is 0. The third-order valence-corrected chi connectivity index (χ3v) is 2.10. The highest BCUT2D eigenvalue weighted by atomic mass is 16.6. The Balaban J connectivity index is 3.31. The van der Waals surface area contributed by atoms with Crippen LogP contribution in [0.4, 0.5) is 17.1 Å². The van der Waals surface area contributed by atoms with Crippen molar-refractivity contribution >= 4 is 17.1 Å². The standard InChI is InChI=1S/C9H13N3O2/c1-3-6-4-8(11-2)7(10)5-9(6)12(13)14/h4-5,11H,3,10H2,1-2H3. The van der Waals surface area contributed by atoms with Gasteiger partial charge in [0.1, 0.15) is 0 Å². The van der Waals surface area contributed by atoms with E-state index in [2.05, 4.69) is 5.32 Å². The zero-order chi connectivity index (χ0) is 10.7. The van der Waals surface area contributed by atoms with Crippen LogP contribution in [0.2, 0.25) is 0 Å². The Kier molecular flexibility index (Phi) is 2.91. The summed E-state index contributed by atoms with van der Waals surface area (Å²) in [6, 6.07) is 3.11. The van der Waals surface area contributed by atoms with Gasteiger partial charge in [0, 0.05) is 18.7 Å². The van der Waals surface area contributed by atoms with Gasteiger partial charge in [0.05, 0.1) is 16.3 Å². The quantitative estimate of drug-likeness (QED) is 0.437. The molecule has 0 heterocycles. The lowest BCUT2D eigenvalue weighted by atomic mass is 10.1. The first kappa shape index (κ1) is 10.3. The zero-order valence-corrected chi connectivity index (χ0v) is 8.20. The fourth-order valence-electron chi connectivity index (χ4n) is 1.32. The largest absolute Gasteiger partial charge is 0.397 e. The lowest BCUT2D eigenvalue weighted by Crippen LogP contribution is -2.01. The number of nitro groups is 1. The van der Waals surface area contributed by atoms with Crippen molar-refractivity contribution in [2.24, 2.45) is 0 Å². The smallest absolute Gasteiger partial charge is 0.274 e. The second-order valence-corrected chi connectivity index (χ2v) is 2.93. The van der Waals surface area contributed by atoms with Crippen molar-refractivity contribution in [1.82, 2.24) is 0 Å². The Labute approximate surface area is 82.1 Å². The highest BCUT2D eigenvalue weighted by Crippen LogP contribution is 2.28. The van der Waals surface area contributed by atoms with Crippen molar-refractivity contribution in [2.45, 2.75) is 13.3 Å². The summed E-state index contributed by atoms with van der Waals surface area (Å²) in [6.07, 6.45) is 0.616. The maximum atomic E-state index is 10.7. The molecule has 0 aliphatic rings. The molecule has 14 heavy (non-hydrogen) atoms. The van der Waals surface area contributed by atoms with Crippen molar-refractivity contribution in [3.63, 3.8) is 0 Å². The fraction of sp³-hybridized carbons (Fsp3) is 0.333. The Morgan fingerprint density at radius 1 is 1.57 bits per heavy atom. The number of nitrogens with two attached hydrogens (primary N) is 1. The van der Waals surface area contributed by atoms with Crippen LogP contribution in [0.25, 0.3) is 0 Å². The van der Waals surface area contributed by atoms with Gasteiger partial charge in [-0.25, -0.2) is 0 Å². The Bertz CT molecular complexity index is 363. The van der Waals surface area contributed by atoms with Crippen LogP contribution < -0.4 is 11.1 Å². The molecule has 1 rings (SSSR count). The summed E-state index contributed by atoms with van der Waals surface area (Å²) in [4.78, 5) is 10.3. The van der Waals surface area contributed by atoms with Crippen LogP contribution in [0.5, 0.6) is 0 Å². The molecule has 0 saturated carbocycles. The van der Waals surface area contributed by atoms with Crippen LogP contribution in [0.15, 0.2) is 12.1 Å². The van der Waals surface area contributed by atoms with Gasteiger partial charge in [-0.1, -0.05) is 6.92 Å². The van der Waals surface area contributed by atoms with E-state index in [1.165, 1.54) is 6.07 Å². The van der Waals surface area contributed by atoms with Gasteiger partial charge in [0.15, 0.2) is 0 Å². The van der Waals surface area contributed by atoms with E-state index >= 15 is 0 Å². The summed E-state index contributed by atoms with van der Waals surface area (Å²) in [5.41, 5.74) is 7.53. The summed E-state index contributed by atoms with van der Waals surface area (Å²) in [5.74, 6) is 0. The van der Waals surface area contributed by atoms with Crippen molar-refractivity contribution in [2.75, 3.05) is 18.1 Å². The highest BCUT2D eigenvalue weighted by molar-refractivity contribution is 5.71. The van der Waals surface area contributed by atoms with Crippen LogP contribution >= 0.6 is 0 Å². The van der Waals surface area contributed by atoms with Crippen molar-refractivity contribution in [3.8, 4) is 0 Å². The molecule has 0 radical (unpaired) electrons. The maximum Gasteiger partial charge on any atom is 0.274 e. The van der Waals surface area contributed by atoms with Gasteiger partial charge in [-0.15, -0.1) is 0 Å². The first-order valence-electron chi connectivity index (χ1n) is 4.34. The summed E-state index contributed by atoms with van der Waals surface area (Å²) in [7, 11) is 1.73. The number of aryl methyl sites for hydroxylation is 1. The van der Waals surface area contributed by atoms with E-state index in [1.807, 2.05) is 6.92 Å². The molecule has 5 nitrogen and oxygen atoms in total. The van der Waals surface area contributed by atoms with Crippen molar-refractivity contribution < 1.29 is 4.92 Å². The molecule has 0 spiro atoms. The van der Waals surface area contributed by atoms with Crippen molar-refractivity contribution in [1.29, 1.82) is 0 Å². The van der Waals surface area contributed by atoms with Crippen LogP contribution in [0.3, 0.4) is 0 Å². The summed E-state index contributed by atoms with van der Waals surface area (Å²) in [6.45, 7) is 1.87. The first-order chi connectivity index (χ1) is 6.60. The van der Waals surface area contributed by atoms with Gasteiger partial charge in [-0.2, -0.15) is 0 Å². The molecule has 0 amide bonds. The number of anilines is 2. The molecule has 1 aromatic rings. The molecular weight excluding hydrogens is 182 g/mol. The minimum Gasteiger partial charge on any atom is -0.397 e. The number of nitrogens with zero attached hydrogens (tertiary/aromatic N) is 1. The van der Waals surface area contributed by atoms with Crippen LogP contribution in [0.1, 0.15) is 12.5 Å². The lowest BCUT2D eigenvalue weighted by Gasteiger charge is -2.07. The average Bonchev–Trinajstić information content (AvgIpc) is 2.17. The molecule has 0 atom stereocenters. The third-order valence-electron chi connectivity index (χ3n) is 2.10. The number of nitro benzene ring substituents is 1. The van der Waals surface area contributed by atoms with Crippen LogP contribution in [-0.4, -0.2) is 12.0 Å². The van der Waals surface area contributed by atoms with E-state index in [1.54, 1.807) is 13.1 Å². The first-order valence-corrected chi connectivity index (χ1v) is 4.34. The second kappa shape index (κ2) is 3.95. The van der Waals surface area contributed by atoms with Crippen LogP contribution in [0, 0.1) is 10.1 Å². The van der Waals surface area contributed by atoms with Gasteiger partial charge in [0.25, 0.3) is 5.69 Å². The van der Waals surface area contributed by atoms with Gasteiger partial charge < -0.3 is 11.1 Å². The summed E-state index contributed by atoms with van der Waals surface area (Å²) in [5, 5.41) is 13.6. The van der Waals surface area contributed by atoms with E-state index < -0.39 is 4.92 Å². The Morgan fingerprint density at radius 2 is 2.21 bits per heavy atom. The average molecular weight is 195 g/mol. The number of rotatable bonds is 3. The second-order valence-electron chi connectivity index (χ2n) is 2.93. The molecule has 3 N–H and O–H groups in total. The van der Waals surface area contributed by atoms with Gasteiger partial charge in [-0.05, 0) is 12.5 Å². The molecule has 0 saturated heterocycles. The van der Waals surface area contributed by atoms with Crippen LogP contribution in [-0.2, 0) is 6.42 Å². The third kappa shape index (κ3) is 1.76. The number of nitrogen functional groups attached to an aromatic ring is 1. The maximum absolute atomic E-state index is 10.7. The van der Waals surface area contributed by atoms with Gasteiger partial charge in [0.2, 0.25) is 0 Å². The van der Waals surface area contributed by atoms with Gasteiger partial charge in [-0.3, -0.25) is 10.1 Å². The normalized spacial score (nSPS) is 9.86. The monoisotopic (exact) mass is 195 g/mol. The minimum absolute atomic E-state index is 0.0870. The summed E-state index contributed by atoms with van der Waals surface area (Å²) >= 11 is 0. The number of hydrogen-bond acceptors (Lipinski definition) is 4. The number of benzene rings is 1. The fourth-order valence-corrected chi connectivity index (χ4v) is 1.32. The molecular formula is C9H13N3O2.